The van der Waals surface area contributed by atoms with Gasteiger partial charge >= 0.3 is 0 Å². The number of phenols is 1. The quantitative estimate of drug-likeness (QED) is 0.537. The molecular weight excluding hydrogens is 176 g/mol. The van der Waals surface area contributed by atoms with E-state index < -0.39 is 0 Å². The zero-order valence-corrected chi connectivity index (χ0v) is 7.49. The lowest BCUT2D eigenvalue weighted by Gasteiger charge is -1.95. The van der Waals surface area contributed by atoms with Crippen molar-refractivity contribution in [3.05, 3.63) is 33.7 Å². The maximum Gasteiger partial charge on any atom is 0.124 e. The summed E-state index contributed by atoms with van der Waals surface area (Å²) in [6.07, 6.45) is 6.38. The maximum absolute atomic E-state index is 9.52. The summed E-state index contributed by atoms with van der Waals surface area (Å²) in [5, 5.41) is 18.2. The van der Waals surface area contributed by atoms with Gasteiger partial charge in [0, 0.05) is 17.6 Å². The van der Waals surface area contributed by atoms with Crippen LogP contribution in [0.3, 0.4) is 0 Å². The van der Waals surface area contributed by atoms with E-state index in [2.05, 4.69) is 0 Å². The summed E-state index contributed by atoms with van der Waals surface area (Å²) in [7, 11) is 0. The molecule has 0 unspecified atom stereocenters. The molecule has 0 saturated heterocycles. The molecule has 0 radical (unpaired) electrons. The van der Waals surface area contributed by atoms with Crippen LogP contribution in [0.25, 0.3) is 18.4 Å². The Morgan fingerprint density at radius 2 is 2.07 bits per heavy atom. The van der Waals surface area contributed by atoms with Crippen molar-refractivity contribution in [1.29, 1.82) is 5.41 Å². The molecule has 0 aliphatic heterocycles. The number of fused-ring (bicyclic) bond motifs is 1. The van der Waals surface area contributed by atoms with E-state index in [1.807, 2.05) is 12.2 Å². The Morgan fingerprint density at radius 1 is 1.29 bits per heavy atom. The van der Waals surface area contributed by atoms with Crippen LogP contribution in [0.5, 0.6) is 5.75 Å². The molecule has 4 N–H and O–H groups in total. The predicted molar refractivity (Wildman–Crippen MR) is 57.2 cm³/mol. The van der Waals surface area contributed by atoms with Gasteiger partial charge in [-0.05, 0) is 40.6 Å². The molecule has 0 aromatic heterocycles. The zero-order chi connectivity index (χ0) is 10.1. The van der Waals surface area contributed by atoms with E-state index in [1.165, 1.54) is 12.4 Å². The first kappa shape index (κ1) is 8.56. The summed E-state index contributed by atoms with van der Waals surface area (Å²) in [5.74, 6) is 0.169. The Labute approximate surface area is 81.0 Å². The fraction of sp³-hybridized carbons (Fsp3) is 0. The number of hydrogen-bond donors (Lipinski definition) is 3. The van der Waals surface area contributed by atoms with Gasteiger partial charge in [0.25, 0.3) is 0 Å². The van der Waals surface area contributed by atoms with Crippen LogP contribution < -0.4 is 16.2 Å². The van der Waals surface area contributed by atoms with E-state index in [1.54, 1.807) is 12.1 Å². The minimum absolute atomic E-state index is 0.169. The van der Waals surface area contributed by atoms with Crippen LogP contribution in [-0.2, 0) is 0 Å². The summed E-state index contributed by atoms with van der Waals surface area (Å²) in [6.45, 7) is 0. The molecule has 3 heteroatoms. The molecule has 70 valence electrons. The first-order valence-corrected chi connectivity index (χ1v) is 4.23. The third kappa shape index (κ3) is 1.19. The van der Waals surface area contributed by atoms with E-state index in [9.17, 15) is 5.11 Å². The third-order valence-electron chi connectivity index (χ3n) is 2.22. The van der Waals surface area contributed by atoms with Crippen LogP contribution in [0, 0.1) is 5.41 Å². The summed E-state index contributed by atoms with van der Waals surface area (Å²) in [5.41, 5.74) is 7.16. The highest BCUT2D eigenvalue weighted by atomic mass is 16.3. The van der Waals surface area contributed by atoms with E-state index in [4.69, 9.17) is 11.1 Å². The smallest absolute Gasteiger partial charge is 0.124 e. The average molecular weight is 186 g/mol. The summed E-state index contributed by atoms with van der Waals surface area (Å²) in [6, 6.07) is 3.46. The second kappa shape index (κ2) is 3.03. The number of nitrogens with two attached hydrogens (primary N) is 1. The minimum atomic E-state index is 0.169. The second-order valence-electron chi connectivity index (χ2n) is 3.14. The lowest BCUT2D eigenvalue weighted by Crippen LogP contribution is -2.12. The fourth-order valence-corrected chi connectivity index (χ4v) is 1.51. The number of allylic oxidation sites excluding steroid dienone is 1. The number of nitrogens with one attached hydrogen (secondary N) is 1. The Balaban J connectivity index is 2.74. The molecule has 0 fully saturated rings. The standard InChI is InChI=1S/C11H10N2O/c12-5-7-1-8-3-10(6-13)11(14)4-9(8)2-7/h1-6,12,14H,13H2/b10-6-,12-5?. The molecular formula is C11H10N2O. The van der Waals surface area contributed by atoms with Crippen molar-refractivity contribution in [2.75, 3.05) is 0 Å². The van der Waals surface area contributed by atoms with E-state index >= 15 is 0 Å². The first-order chi connectivity index (χ1) is 6.74. The van der Waals surface area contributed by atoms with Crippen molar-refractivity contribution in [1.82, 2.24) is 0 Å². The van der Waals surface area contributed by atoms with E-state index in [0.717, 1.165) is 16.4 Å². The summed E-state index contributed by atoms with van der Waals surface area (Å²) >= 11 is 0. The lowest BCUT2D eigenvalue weighted by atomic mass is 10.1. The van der Waals surface area contributed by atoms with Gasteiger partial charge in [-0.25, -0.2) is 0 Å². The molecule has 1 aliphatic rings. The van der Waals surface area contributed by atoms with Crippen molar-refractivity contribution < 1.29 is 5.11 Å². The summed E-state index contributed by atoms with van der Waals surface area (Å²) < 4.78 is 0. The number of hydrogen-bond acceptors (Lipinski definition) is 3. The largest absolute Gasteiger partial charge is 0.507 e. The molecule has 1 aromatic carbocycles. The van der Waals surface area contributed by atoms with Gasteiger partial charge in [-0.3, -0.25) is 0 Å². The molecule has 14 heavy (non-hydrogen) atoms. The van der Waals surface area contributed by atoms with Gasteiger partial charge in [-0.2, -0.15) is 0 Å². The first-order valence-electron chi connectivity index (χ1n) is 4.23. The Hall–Kier alpha value is -2.03. The molecule has 0 atom stereocenters. The highest BCUT2D eigenvalue weighted by Gasteiger charge is 2.04. The Bertz CT molecular complexity index is 541. The molecule has 3 nitrogen and oxygen atoms in total. The zero-order valence-electron chi connectivity index (χ0n) is 7.49. The van der Waals surface area contributed by atoms with E-state index in [0.29, 0.717) is 5.22 Å². The molecule has 2 rings (SSSR count). The lowest BCUT2D eigenvalue weighted by molar-refractivity contribution is 0.470. The van der Waals surface area contributed by atoms with Gasteiger partial charge in [0.2, 0.25) is 0 Å². The van der Waals surface area contributed by atoms with Crippen molar-refractivity contribution in [2.45, 2.75) is 0 Å². The predicted octanol–water partition coefficient (Wildman–Crippen LogP) is -0.0840. The van der Waals surface area contributed by atoms with Crippen molar-refractivity contribution >= 4 is 24.6 Å². The fourth-order valence-electron chi connectivity index (χ4n) is 1.51. The molecule has 0 amide bonds. The van der Waals surface area contributed by atoms with Gasteiger partial charge in [-0.15, -0.1) is 0 Å². The van der Waals surface area contributed by atoms with Crippen LogP contribution in [-0.4, -0.2) is 11.3 Å². The van der Waals surface area contributed by atoms with Gasteiger partial charge in [0.15, 0.2) is 0 Å². The van der Waals surface area contributed by atoms with Crippen molar-refractivity contribution in [2.24, 2.45) is 5.73 Å². The minimum Gasteiger partial charge on any atom is -0.507 e. The number of phenolic OH excluding ortho intramolecular Hbond substituents is 1. The molecule has 0 heterocycles. The Kier molecular flexibility index (Phi) is 1.85. The number of rotatable bonds is 1. The number of aromatic hydroxyl groups is 1. The maximum atomic E-state index is 9.52. The molecule has 0 saturated carbocycles. The topological polar surface area (TPSA) is 70.1 Å². The van der Waals surface area contributed by atoms with Crippen LogP contribution >= 0.6 is 0 Å². The third-order valence-corrected chi connectivity index (χ3v) is 2.22. The normalized spacial score (nSPS) is 14.6. The van der Waals surface area contributed by atoms with Crippen LogP contribution in [0.15, 0.2) is 17.7 Å². The van der Waals surface area contributed by atoms with Crippen molar-refractivity contribution in [3.8, 4) is 5.75 Å². The average Bonchev–Trinajstić information content (AvgIpc) is 2.58. The molecule has 0 bridgehead atoms. The van der Waals surface area contributed by atoms with Crippen LogP contribution in [0.2, 0.25) is 0 Å². The van der Waals surface area contributed by atoms with Gasteiger partial charge in [-0.1, -0.05) is 0 Å². The van der Waals surface area contributed by atoms with Crippen LogP contribution in [0.4, 0.5) is 0 Å². The molecule has 1 aliphatic carbocycles. The second-order valence-corrected chi connectivity index (χ2v) is 3.14. The SMILES string of the molecule is N=CC1=Cc2c/c(=C/N)c(O)cc2=C1. The van der Waals surface area contributed by atoms with Gasteiger partial charge < -0.3 is 16.2 Å². The monoisotopic (exact) mass is 186 g/mol. The highest BCUT2D eigenvalue weighted by molar-refractivity contribution is 5.97. The summed E-state index contributed by atoms with van der Waals surface area (Å²) in [4.78, 5) is 0. The van der Waals surface area contributed by atoms with Crippen LogP contribution in [0.1, 0.15) is 5.56 Å². The molecule has 0 spiro atoms. The molecule has 1 aromatic rings. The number of benzene rings is 1. The van der Waals surface area contributed by atoms with Crippen molar-refractivity contribution in [3.63, 3.8) is 0 Å². The van der Waals surface area contributed by atoms with Gasteiger partial charge in [0.1, 0.15) is 5.75 Å². The Morgan fingerprint density at radius 3 is 2.71 bits per heavy atom. The highest BCUT2D eigenvalue weighted by Crippen LogP contribution is 2.09. The van der Waals surface area contributed by atoms with E-state index in [-0.39, 0.29) is 5.75 Å². The van der Waals surface area contributed by atoms with Gasteiger partial charge in [0.05, 0.1) is 0 Å².